The number of aryl methyl sites for hydroxylation is 1. The van der Waals surface area contributed by atoms with Gasteiger partial charge in [-0.15, -0.1) is 11.8 Å². The fourth-order valence-electron chi connectivity index (χ4n) is 2.63. The lowest BCUT2D eigenvalue weighted by Gasteiger charge is -2.14. The smallest absolute Gasteiger partial charge is 0.219 e. The zero-order valence-corrected chi connectivity index (χ0v) is 17.8. The number of nitriles is 1. The van der Waals surface area contributed by atoms with E-state index in [2.05, 4.69) is 5.32 Å². The van der Waals surface area contributed by atoms with Crippen molar-refractivity contribution in [2.75, 3.05) is 5.32 Å². The fourth-order valence-corrected chi connectivity index (χ4v) is 5.17. The molecule has 0 bridgehead atoms. The minimum absolute atomic E-state index is 0.00493. The van der Waals surface area contributed by atoms with Gasteiger partial charge >= 0.3 is 0 Å². The third-order valence-corrected chi connectivity index (χ3v) is 7.18. The molecular weight excluding hydrogens is 419 g/mol. The molecule has 0 spiro atoms. The largest absolute Gasteiger partial charge is 0.346 e. The summed E-state index contributed by atoms with van der Waals surface area (Å²) in [6.45, 7) is 1.97. The van der Waals surface area contributed by atoms with Crippen LogP contribution in [0, 0.1) is 24.1 Å². The van der Waals surface area contributed by atoms with E-state index >= 15 is 0 Å². The van der Waals surface area contributed by atoms with Gasteiger partial charge in [0.2, 0.25) is 9.84 Å². The maximum Gasteiger partial charge on any atom is 0.219 e. The Balaban J connectivity index is 2.04. The van der Waals surface area contributed by atoms with Crippen LogP contribution in [0.2, 0.25) is 0 Å². The molecule has 0 saturated carbocycles. The predicted octanol–water partition coefficient (Wildman–Crippen LogP) is 5.65. The first-order chi connectivity index (χ1) is 14.4. The van der Waals surface area contributed by atoms with Gasteiger partial charge in [-0.3, -0.25) is 0 Å². The van der Waals surface area contributed by atoms with Crippen LogP contribution in [-0.4, -0.2) is 8.42 Å². The summed E-state index contributed by atoms with van der Waals surface area (Å²) in [4.78, 5) is -0.445. The summed E-state index contributed by atoms with van der Waals surface area (Å²) in [5.41, 5.74) is 2.15. The topological polar surface area (TPSA) is 70.0 Å². The first-order valence-corrected chi connectivity index (χ1v) is 11.5. The summed E-state index contributed by atoms with van der Waals surface area (Å²) in [7, 11) is -4.08. The molecule has 0 radical (unpaired) electrons. The van der Waals surface area contributed by atoms with Gasteiger partial charge in [-0.05, 0) is 36.8 Å². The number of allylic oxidation sites excluding steroid dienone is 1. The highest BCUT2D eigenvalue weighted by Gasteiger charge is 2.26. The monoisotopic (exact) mass is 438 g/mol. The Hall–Kier alpha value is -3.08. The molecule has 0 aliphatic rings. The summed E-state index contributed by atoms with van der Waals surface area (Å²) < 4.78 is 40.4. The number of sulfone groups is 1. The van der Waals surface area contributed by atoms with Crippen molar-refractivity contribution >= 4 is 27.3 Å². The van der Waals surface area contributed by atoms with E-state index in [1.165, 1.54) is 30.3 Å². The van der Waals surface area contributed by atoms with Crippen molar-refractivity contribution in [1.29, 1.82) is 5.26 Å². The summed E-state index contributed by atoms with van der Waals surface area (Å²) >= 11 is 1.14. The second kappa shape index (κ2) is 9.61. The van der Waals surface area contributed by atoms with Crippen LogP contribution < -0.4 is 5.32 Å². The second-order valence-electron chi connectivity index (χ2n) is 6.47. The van der Waals surface area contributed by atoms with E-state index in [1.807, 2.05) is 37.3 Å². The zero-order chi connectivity index (χ0) is 21.6. The highest BCUT2D eigenvalue weighted by Crippen LogP contribution is 2.32. The Bertz CT molecular complexity index is 1200. The standard InChI is InChI=1S/C23H19FN2O2S2/c1-17-11-13-18(14-12-17)16-29-23(26-21-10-6-5-9-20(21)24)22(15-25)30(27,28)19-7-3-2-4-8-19/h2-14,26H,16H2,1H3. The van der Waals surface area contributed by atoms with Gasteiger partial charge in [0.15, 0.2) is 4.91 Å². The molecule has 0 atom stereocenters. The molecule has 152 valence electrons. The zero-order valence-electron chi connectivity index (χ0n) is 16.2. The highest BCUT2D eigenvalue weighted by atomic mass is 32.2. The number of anilines is 1. The first kappa shape index (κ1) is 21.6. The lowest BCUT2D eigenvalue weighted by Crippen LogP contribution is -2.11. The predicted molar refractivity (Wildman–Crippen MR) is 119 cm³/mol. The van der Waals surface area contributed by atoms with E-state index in [-0.39, 0.29) is 15.6 Å². The molecule has 0 aliphatic carbocycles. The molecule has 0 aliphatic heterocycles. The van der Waals surface area contributed by atoms with Crippen molar-refractivity contribution in [3.05, 3.63) is 106 Å². The molecule has 0 amide bonds. The molecule has 1 N–H and O–H groups in total. The number of rotatable bonds is 7. The number of para-hydroxylation sites is 1. The van der Waals surface area contributed by atoms with Crippen LogP contribution in [0.3, 0.4) is 0 Å². The summed E-state index contributed by atoms with van der Waals surface area (Å²) in [6, 6.07) is 23.2. The summed E-state index contributed by atoms with van der Waals surface area (Å²) in [5.74, 6) is -0.132. The van der Waals surface area contributed by atoms with Crippen molar-refractivity contribution in [3.8, 4) is 6.07 Å². The molecule has 30 heavy (non-hydrogen) atoms. The maximum atomic E-state index is 14.2. The van der Waals surface area contributed by atoms with Crippen molar-refractivity contribution in [1.82, 2.24) is 0 Å². The van der Waals surface area contributed by atoms with Crippen LogP contribution >= 0.6 is 11.8 Å². The van der Waals surface area contributed by atoms with E-state index in [0.717, 1.165) is 22.9 Å². The molecule has 0 heterocycles. The minimum Gasteiger partial charge on any atom is -0.346 e. The van der Waals surface area contributed by atoms with Crippen LogP contribution in [0.25, 0.3) is 0 Å². The fraction of sp³-hybridized carbons (Fsp3) is 0.0870. The second-order valence-corrected chi connectivity index (χ2v) is 9.34. The van der Waals surface area contributed by atoms with Crippen molar-refractivity contribution in [2.45, 2.75) is 17.6 Å². The average Bonchev–Trinajstić information content (AvgIpc) is 2.75. The van der Waals surface area contributed by atoms with Crippen molar-refractivity contribution in [3.63, 3.8) is 0 Å². The summed E-state index contributed by atoms with van der Waals surface area (Å²) in [6.07, 6.45) is 0. The number of hydrogen-bond donors (Lipinski definition) is 1. The Morgan fingerprint density at radius 3 is 2.27 bits per heavy atom. The highest BCUT2D eigenvalue weighted by molar-refractivity contribution is 8.04. The molecule has 0 unspecified atom stereocenters. The first-order valence-electron chi connectivity index (χ1n) is 9.06. The molecule has 3 aromatic carbocycles. The molecule has 0 saturated heterocycles. The lowest BCUT2D eigenvalue weighted by molar-refractivity contribution is 0.603. The van der Waals surface area contributed by atoms with Crippen molar-refractivity contribution < 1.29 is 12.8 Å². The third-order valence-electron chi connectivity index (χ3n) is 4.26. The molecule has 3 rings (SSSR count). The maximum absolute atomic E-state index is 14.2. The van der Waals surface area contributed by atoms with Crippen LogP contribution in [-0.2, 0) is 15.6 Å². The van der Waals surface area contributed by atoms with Gasteiger partial charge in [-0.2, -0.15) is 5.26 Å². The van der Waals surface area contributed by atoms with Gasteiger partial charge in [-0.1, -0.05) is 60.2 Å². The molecule has 7 heteroatoms. The van der Waals surface area contributed by atoms with Gasteiger partial charge in [-0.25, -0.2) is 12.8 Å². The van der Waals surface area contributed by atoms with E-state index in [0.29, 0.717) is 5.75 Å². The molecular formula is C23H19FN2O2S2. The number of nitrogens with one attached hydrogen (secondary N) is 1. The van der Waals surface area contributed by atoms with E-state index < -0.39 is 20.6 Å². The number of halogens is 1. The third kappa shape index (κ3) is 5.09. The van der Waals surface area contributed by atoms with Crippen molar-refractivity contribution in [2.24, 2.45) is 0 Å². The van der Waals surface area contributed by atoms with Crippen LogP contribution in [0.4, 0.5) is 10.1 Å². The average molecular weight is 439 g/mol. The minimum atomic E-state index is -4.08. The number of nitrogens with zero attached hydrogens (tertiary/aromatic N) is 1. The van der Waals surface area contributed by atoms with Gasteiger partial charge in [0, 0.05) is 5.75 Å². The van der Waals surface area contributed by atoms with Crippen LogP contribution in [0.15, 0.2) is 93.7 Å². The van der Waals surface area contributed by atoms with Crippen LogP contribution in [0.5, 0.6) is 0 Å². The molecule has 4 nitrogen and oxygen atoms in total. The quantitative estimate of drug-likeness (QED) is 0.483. The number of hydrogen-bond acceptors (Lipinski definition) is 5. The summed E-state index contributed by atoms with van der Waals surface area (Å²) in [5, 5.41) is 12.6. The SMILES string of the molecule is Cc1ccc(CSC(Nc2ccccc2F)=C(C#N)S(=O)(=O)c2ccccc2)cc1. The Morgan fingerprint density at radius 1 is 1.00 bits per heavy atom. The van der Waals surface area contributed by atoms with Gasteiger partial charge in [0.25, 0.3) is 0 Å². The van der Waals surface area contributed by atoms with Crippen LogP contribution in [0.1, 0.15) is 11.1 Å². The number of thioether (sulfide) groups is 1. The van der Waals surface area contributed by atoms with E-state index in [1.54, 1.807) is 24.3 Å². The Labute approximate surface area is 180 Å². The van der Waals surface area contributed by atoms with Gasteiger partial charge in [0.1, 0.15) is 16.9 Å². The van der Waals surface area contributed by atoms with Gasteiger partial charge in [0.05, 0.1) is 10.6 Å². The number of benzene rings is 3. The molecule has 0 fully saturated rings. The van der Waals surface area contributed by atoms with E-state index in [9.17, 15) is 18.1 Å². The molecule has 3 aromatic rings. The molecule has 0 aromatic heterocycles. The lowest BCUT2D eigenvalue weighted by atomic mass is 10.2. The normalized spacial score (nSPS) is 12.0. The van der Waals surface area contributed by atoms with E-state index in [4.69, 9.17) is 0 Å². The Kier molecular flexibility index (Phi) is 6.93. The van der Waals surface area contributed by atoms with Gasteiger partial charge < -0.3 is 5.32 Å². The Morgan fingerprint density at radius 2 is 1.63 bits per heavy atom.